The van der Waals surface area contributed by atoms with Gasteiger partial charge in [0.15, 0.2) is 6.29 Å². The number of nitrogens with zero attached hydrogens (tertiary/aromatic N) is 1. The van der Waals surface area contributed by atoms with Gasteiger partial charge in [0.2, 0.25) is 0 Å². The van der Waals surface area contributed by atoms with E-state index in [1.807, 2.05) is 11.0 Å². The lowest BCUT2D eigenvalue weighted by molar-refractivity contribution is 0.0577. The Morgan fingerprint density at radius 3 is 2.79 bits per heavy atom. The van der Waals surface area contributed by atoms with Crippen molar-refractivity contribution in [2.75, 3.05) is 13.2 Å². The molecule has 1 fully saturated rings. The van der Waals surface area contributed by atoms with Crippen molar-refractivity contribution in [3.05, 3.63) is 59.2 Å². The van der Waals surface area contributed by atoms with Crippen molar-refractivity contribution in [1.29, 1.82) is 0 Å². The molecule has 1 aliphatic heterocycles. The van der Waals surface area contributed by atoms with Crippen molar-refractivity contribution in [1.82, 2.24) is 4.90 Å². The second-order valence-corrected chi connectivity index (χ2v) is 6.91. The molecular formula is C22H25NO5. The normalized spacial score (nSPS) is 16.6. The minimum absolute atomic E-state index is 0.0324. The molecule has 6 nitrogen and oxygen atoms in total. The summed E-state index contributed by atoms with van der Waals surface area (Å²) >= 11 is 0. The van der Waals surface area contributed by atoms with Gasteiger partial charge in [0, 0.05) is 24.6 Å². The molecule has 6 heteroatoms. The first-order valence-electron chi connectivity index (χ1n) is 9.55. The second kappa shape index (κ2) is 9.37. The summed E-state index contributed by atoms with van der Waals surface area (Å²) in [5.74, 6) is 0.164. The van der Waals surface area contributed by atoms with Crippen LogP contribution in [0, 0.1) is 0 Å². The van der Waals surface area contributed by atoms with Crippen LogP contribution >= 0.6 is 0 Å². The number of phenols is 1. The molecule has 3 rings (SSSR count). The van der Waals surface area contributed by atoms with E-state index in [1.165, 1.54) is 6.07 Å². The van der Waals surface area contributed by atoms with Crippen molar-refractivity contribution in [3.8, 4) is 11.5 Å². The van der Waals surface area contributed by atoms with Gasteiger partial charge in [-0.3, -0.25) is 9.59 Å². The molecule has 1 aliphatic rings. The molecule has 2 N–H and O–H groups in total. The maximum atomic E-state index is 13.1. The molecule has 0 aliphatic carbocycles. The minimum atomic E-state index is -0.171. The number of phenolic OH excluding ortho intramolecular Hbond substituents is 1. The first kappa shape index (κ1) is 19.9. The quantitative estimate of drug-likeness (QED) is 0.717. The first-order valence-corrected chi connectivity index (χ1v) is 9.55. The third-order valence-electron chi connectivity index (χ3n) is 5.18. The van der Waals surface area contributed by atoms with E-state index >= 15 is 0 Å². The number of carbonyl (C=O) groups excluding carboxylic acids is 2. The second-order valence-electron chi connectivity index (χ2n) is 6.91. The van der Waals surface area contributed by atoms with E-state index in [2.05, 4.69) is 0 Å². The SMILES string of the molecule is O=Cc1c(O)cccc1OCC[C@@H]1CCCCN1C(=O)c1ccccc1CO. The number of aliphatic hydroxyl groups excluding tert-OH is 1. The van der Waals surface area contributed by atoms with Crippen LogP contribution in [0.5, 0.6) is 11.5 Å². The zero-order valence-corrected chi connectivity index (χ0v) is 15.7. The van der Waals surface area contributed by atoms with Gasteiger partial charge in [-0.2, -0.15) is 0 Å². The van der Waals surface area contributed by atoms with Crippen molar-refractivity contribution in [2.24, 2.45) is 0 Å². The van der Waals surface area contributed by atoms with Crippen LogP contribution in [0.4, 0.5) is 0 Å². The topological polar surface area (TPSA) is 87.1 Å². The van der Waals surface area contributed by atoms with Crippen LogP contribution in [0.2, 0.25) is 0 Å². The monoisotopic (exact) mass is 383 g/mol. The number of benzene rings is 2. The largest absolute Gasteiger partial charge is 0.507 e. The lowest BCUT2D eigenvalue weighted by Crippen LogP contribution is -2.44. The minimum Gasteiger partial charge on any atom is -0.507 e. The molecule has 148 valence electrons. The number of hydrogen-bond donors (Lipinski definition) is 2. The lowest BCUT2D eigenvalue weighted by atomic mass is 9.97. The van der Waals surface area contributed by atoms with Gasteiger partial charge in [-0.15, -0.1) is 0 Å². The number of aromatic hydroxyl groups is 1. The first-order chi connectivity index (χ1) is 13.7. The smallest absolute Gasteiger partial charge is 0.254 e. The van der Waals surface area contributed by atoms with Crippen LogP contribution < -0.4 is 4.74 Å². The Hall–Kier alpha value is -2.86. The molecule has 0 unspecified atom stereocenters. The number of likely N-dealkylation sites (tertiary alicyclic amines) is 1. The standard InChI is InChI=1S/C22H25NO5/c24-14-16-6-1-2-8-18(16)22(27)23-12-4-3-7-17(23)11-13-28-21-10-5-9-20(26)19(21)15-25/h1-2,5-6,8-10,15,17,24,26H,3-4,7,11-14H2/t17-/m0/s1. The summed E-state index contributed by atoms with van der Waals surface area (Å²) in [5, 5.41) is 19.3. The van der Waals surface area contributed by atoms with Gasteiger partial charge in [-0.25, -0.2) is 0 Å². The van der Waals surface area contributed by atoms with Gasteiger partial charge < -0.3 is 19.8 Å². The number of amides is 1. The van der Waals surface area contributed by atoms with Gasteiger partial charge in [-0.1, -0.05) is 24.3 Å². The van der Waals surface area contributed by atoms with Gasteiger partial charge in [0.1, 0.15) is 11.5 Å². The van der Waals surface area contributed by atoms with E-state index in [4.69, 9.17) is 4.74 Å². The Kier molecular flexibility index (Phi) is 6.66. The average molecular weight is 383 g/mol. The number of ether oxygens (including phenoxy) is 1. The summed E-state index contributed by atoms with van der Waals surface area (Å²) < 4.78 is 5.72. The Labute approximate surface area is 164 Å². The molecule has 28 heavy (non-hydrogen) atoms. The van der Waals surface area contributed by atoms with E-state index < -0.39 is 0 Å². The number of piperidine rings is 1. The van der Waals surface area contributed by atoms with Crippen LogP contribution in [0.3, 0.4) is 0 Å². The van der Waals surface area contributed by atoms with E-state index in [1.54, 1.807) is 30.3 Å². The highest BCUT2D eigenvalue weighted by molar-refractivity contribution is 5.96. The molecule has 0 spiro atoms. The van der Waals surface area contributed by atoms with E-state index in [0.717, 1.165) is 19.3 Å². The van der Waals surface area contributed by atoms with Crippen molar-refractivity contribution in [3.63, 3.8) is 0 Å². The summed E-state index contributed by atoms with van der Waals surface area (Å²) in [6.45, 7) is 0.838. The van der Waals surface area contributed by atoms with Crippen molar-refractivity contribution >= 4 is 12.2 Å². The van der Waals surface area contributed by atoms with Crippen LogP contribution in [-0.2, 0) is 6.61 Å². The highest BCUT2D eigenvalue weighted by Crippen LogP contribution is 2.27. The predicted molar refractivity (Wildman–Crippen MR) is 105 cm³/mol. The molecule has 0 radical (unpaired) electrons. The van der Waals surface area contributed by atoms with Crippen LogP contribution in [0.1, 0.15) is 52.0 Å². The van der Waals surface area contributed by atoms with Gasteiger partial charge in [0.05, 0.1) is 18.8 Å². The Balaban J connectivity index is 1.68. The van der Waals surface area contributed by atoms with E-state index in [-0.39, 0.29) is 29.9 Å². The zero-order chi connectivity index (χ0) is 19.9. The van der Waals surface area contributed by atoms with Crippen molar-refractivity contribution < 1.29 is 24.5 Å². The third kappa shape index (κ3) is 4.34. The lowest BCUT2D eigenvalue weighted by Gasteiger charge is -2.36. The maximum absolute atomic E-state index is 13.1. The fourth-order valence-electron chi connectivity index (χ4n) is 3.67. The number of rotatable bonds is 7. The molecule has 2 aromatic carbocycles. The number of carbonyl (C=O) groups is 2. The van der Waals surface area contributed by atoms with Crippen LogP contribution in [0.15, 0.2) is 42.5 Å². The molecule has 2 aromatic rings. The maximum Gasteiger partial charge on any atom is 0.254 e. The van der Waals surface area contributed by atoms with Gasteiger partial charge in [0.25, 0.3) is 5.91 Å². The third-order valence-corrected chi connectivity index (χ3v) is 5.18. The molecular weight excluding hydrogens is 358 g/mol. The molecule has 0 bridgehead atoms. The summed E-state index contributed by atoms with van der Waals surface area (Å²) in [5.41, 5.74) is 1.30. The van der Waals surface area contributed by atoms with Crippen molar-refractivity contribution in [2.45, 2.75) is 38.3 Å². The van der Waals surface area contributed by atoms with E-state index in [0.29, 0.717) is 42.7 Å². The summed E-state index contributed by atoms with van der Waals surface area (Å²) in [6.07, 6.45) is 4.08. The Morgan fingerprint density at radius 2 is 2.00 bits per heavy atom. The summed E-state index contributed by atoms with van der Waals surface area (Å²) in [6, 6.07) is 11.9. The van der Waals surface area contributed by atoms with E-state index in [9.17, 15) is 19.8 Å². The summed E-state index contributed by atoms with van der Waals surface area (Å²) in [4.78, 5) is 26.1. The Bertz CT molecular complexity index is 835. The molecule has 1 saturated heterocycles. The number of aliphatic hydroxyl groups is 1. The number of hydrogen-bond acceptors (Lipinski definition) is 5. The molecule has 1 amide bonds. The zero-order valence-electron chi connectivity index (χ0n) is 15.7. The fraction of sp³-hybridized carbons (Fsp3) is 0.364. The molecule has 0 saturated carbocycles. The Morgan fingerprint density at radius 1 is 1.18 bits per heavy atom. The molecule has 1 heterocycles. The molecule has 0 aromatic heterocycles. The highest BCUT2D eigenvalue weighted by atomic mass is 16.5. The van der Waals surface area contributed by atoms with Gasteiger partial charge in [-0.05, 0) is 43.0 Å². The predicted octanol–water partition coefficient (Wildman–Crippen LogP) is 3.16. The van der Waals surface area contributed by atoms with Gasteiger partial charge >= 0.3 is 0 Å². The number of aldehydes is 1. The van der Waals surface area contributed by atoms with Crippen LogP contribution in [-0.4, -0.2) is 46.5 Å². The average Bonchev–Trinajstić information content (AvgIpc) is 2.73. The highest BCUT2D eigenvalue weighted by Gasteiger charge is 2.28. The molecule has 1 atom stereocenters. The summed E-state index contributed by atoms with van der Waals surface area (Å²) in [7, 11) is 0. The fourth-order valence-corrected chi connectivity index (χ4v) is 3.67. The van der Waals surface area contributed by atoms with Crippen LogP contribution in [0.25, 0.3) is 0 Å².